The maximum Gasteiger partial charge on any atom is 0.0110 e. The minimum Gasteiger partial charge on any atom is -0.304 e. The fourth-order valence-electron chi connectivity index (χ4n) is 0.945. The van der Waals surface area contributed by atoms with E-state index in [4.69, 9.17) is 5.84 Å². The molecular formula is C7H19N3. The van der Waals surface area contributed by atoms with Crippen LogP contribution in [-0.4, -0.2) is 31.1 Å². The fourth-order valence-corrected chi connectivity index (χ4v) is 0.945. The van der Waals surface area contributed by atoms with Gasteiger partial charge in [-0.05, 0) is 26.1 Å². The van der Waals surface area contributed by atoms with Gasteiger partial charge in [0.25, 0.3) is 0 Å². The highest BCUT2D eigenvalue weighted by atomic mass is 15.2. The van der Waals surface area contributed by atoms with E-state index >= 15 is 0 Å². The van der Waals surface area contributed by atoms with E-state index in [2.05, 4.69) is 24.2 Å². The smallest absolute Gasteiger partial charge is 0.0110 e. The van der Waals surface area contributed by atoms with Gasteiger partial charge in [0.15, 0.2) is 0 Å². The molecule has 0 radical (unpaired) electrons. The molecule has 0 saturated heterocycles. The molecule has 0 aromatic carbocycles. The second-order valence-corrected chi connectivity index (χ2v) is 2.33. The number of hydrogen-bond acceptors (Lipinski definition) is 3. The summed E-state index contributed by atoms with van der Waals surface area (Å²) < 4.78 is 0. The summed E-state index contributed by atoms with van der Waals surface area (Å²) in [5, 5.41) is 0. The molecule has 0 aliphatic carbocycles. The molecule has 0 spiro atoms. The Hall–Kier alpha value is -0.120. The summed E-state index contributed by atoms with van der Waals surface area (Å²) in [5.41, 5.74) is 2.64. The van der Waals surface area contributed by atoms with Crippen LogP contribution in [0.3, 0.4) is 0 Å². The van der Waals surface area contributed by atoms with Crippen molar-refractivity contribution < 1.29 is 0 Å². The van der Waals surface area contributed by atoms with E-state index in [-0.39, 0.29) is 0 Å². The number of hydrogen-bond donors (Lipinski definition) is 2. The minimum absolute atomic E-state index is 0.913. The summed E-state index contributed by atoms with van der Waals surface area (Å²) in [6, 6.07) is 0. The van der Waals surface area contributed by atoms with E-state index in [0.717, 1.165) is 32.6 Å². The van der Waals surface area contributed by atoms with Gasteiger partial charge in [0.2, 0.25) is 0 Å². The predicted molar refractivity (Wildman–Crippen MR) is 44.6 cm³/mol. The number of hydrazine groups is 1. The molecule has 3 N–H and O–H groups in total. The second-order valence-electron chi connectivity index (χ2n) is 2.33. The van der Waals surface area contributed by atoms with Crippen LogP contribution in [0.1, 0.15) is 20.3 Å². The summed E-state index contributed by atoms with van der Waals surface area (Å²) in [6.07, 6.45) is 1.14. The zero-order valence-electron chi connectivity index (χ0n) is 7.06. The first-order chi connectivity index (χ1) is 4.85. The van der Waals surface area contributed by atoms with E-state index < -0.39 is 0 Å². The Morgan fingerprint density at radius 1 is 1.30 bits per heavy atom. The molecule has 0 aromatic rings. The topological polar surface area (TPSA) is 41.3 Å². The molecule has 10 heavy (non-hydrogen) atoms. The lowest BCUT2D eigenvalue weighted by Gasteiger charge is -2.17. The molecule has 0 amide bonds. The molecule has 0 rings (SSSR count). The van der Waals surface area contributed by atoms with Crippen molar-refractivity contribution in [2.75, 3.05) is 26.2 Å². The Balaban J connectivity index is 3.09. The van der Waals surface area contributed by atoms with Crippen molar-refractivity contribution in [3.63, 3.8) is 0 Å². The molecule has 0 atom stereocenters. The molecule has 62 valence electrons. The molecule has 0 heterocycles. The Kier molecular flexibility index (Phi) is 6.91. The molecule has 0 aliphatic rings. The standard InChI is InChI=1S/C7H19N3/c1-3-10(4-2)7-5-6-9-8/h9H,3-8H2,1-2H3. The maximum atomic E-state index is 5.13. The Morgan fingerprint density at radius 2 is 1.90 bits per heavy atom. The third kappa shape index (κ3) is 4.73. The van der Waals surface area contributed by atoms with Crippen LogP contribution in [0, 0.1) is 0 Å². The lowest BCUT2D eigenvalue weighted by atomic mass is 10.4. The number of nitrogens with two attached hydrogens (primary N) is 1. The summed E-state index contributed by atoms with van der Waals surface area (Å²) in [6.45, 7) is 8.70. The van der Waals surface area contributed by atoms with Gasteiger partial charge in [-0.3, -0.25) is 11.3 Å². The molecule has 3 nitrogen and oxygen atoms in total. The van der Waals surface area contributed by atoms with Crippen LogP contribution in [-0.2, 0) is 0 Å². The van der Waals surface area contributed by atoms with E-state index in [9.17, 15) is 0 Å². The Labute approximate surface area is 63.5 Å². The van der Waals surface area contributed by atoms with Crippen LogP contribution in [0.2, 0.25) is 0 Å². The van der Waals surface area contributed by atoms with Gasteiger partial charge in [0.05, 0.1) is 0 Å². The van der Waals surface area contributed by atoms with Crippen molar-refractivity contribution in [2.45, 2.75) is 20.3 Å². The van der Waals surface area contributed by atoms with Gasteiger partial charge >= 0.3 is 0 Å². The van der Waals surface area contributed by atoms with Crippen molar-refractivity contribution in [2.24, 2.45) is 5.84 Å². The number of rotatable bonds is 6. The predicted octanol–water partition coefficient (Wildman–Crippen LogP) is 0.182. The minimum atomic E-state index is 0.913. The summed E-state index contributed by atoms with van der Waals surface area (Å²) in [4.78, 5) is 2.39. The summed E-state index contributed by atoms with van der Waals surface area (Å²) in [5.74, 6) is 5.13. The lowest BCUT2D eigenvalue weighted by molar-refractivity contribution is 0.298. The van der Waals surface area contributed by atoms with Crippen LogP contribution < -0.4 is 11.3 Å². The van der Waals surface area contributed by atoms with E-state index in [1.54, 1.807) is 0 Å². The molecular weight excluding hydrogens is 126 g/mol. The van der Waals surface area contributed by atoms with Gasteiger partial charge in [-0.1, -0.05) is 13.8 Å². The first kappa shape index (κ1) is 9.88. The zero-order valence-corrected chi connectivity index (χ0v) is 7.06. The number of nitrogens with one attached hydrogen (secondary N) is 1. The first-order valence-electron chi connectivity index (χ1n) is 4.01. The summed E-state index contributed by atoms with van der Waals surface area (Å²) in [7, 11) is 0. The van der Waals surface area contributed by atoms with E-state index in [1.807, 2.05) is 0 Å². The second kappa shape index (κ2) is 6.99. The Bertz CT molecular complexity index is 61.9. The van der Waals surface area contributed by atoms with Crippen LogP contribution >= 0.6 is 0 Å². The highest BCUT2D eigenvalue weighted by molar-refractivity contribution is 4.52. The lowest BCUT2D eigenvalue weighted by Crippen LogP contribution is -2.29. The van der Waals surface area contributed by atoms with Crippen LogP contribution in [0.5, 0.6) is 0 Å². The van der Waals surface area contributed by atoms with Crippen LogP contribution in [0.15, 0.2) is 0 Å². The van der Waals surface area contributed by atoms with Crippen molar-refractivity contribution in [1.82, 2.24) is 10.3 Å². The molecule has 0 aliphatic heterocycles. The highest BCUT2D eigenvalue weighted by Crippen LogP contribution is 1.88. The Morgan fingerprint density at radius 3 is 2.30 bits per heavy atom. The van der Waals surface area contributed by atoms with Crippen molar-refractivity contribution in [1.29, 1.82) is 0 Å². The number of nitrogens with zero attached hydrogens (tertiary/aromatic N) is 1. The van der Waals surface area contributed by atoms with Crippen LogP contribution in [0.25, 0.3) is 0 Å². The highest BCUT2D eigenvalue weighted by Gasteiger charge is 1.95. The SMILES string of the molecule is CCN(CC)CCCNN. The third-order valence-electron chi connectivity index (χ3n) is 1.69. The first-order valence-corrected chi connectivity index (χ1v) is 4.01. The molecule has 0 saturated carbocycles. The van der Waals surface area contributed by atoms with E-state index in [1.165, 1.54) is 0 Å². The van der Waals surface area contributed by atoms with Crippen LogP contribution in [0.4, 0.5) is 0 Å². The quantitative estimate of drug-likeness (QED) is 0.318. The zero-order chi connectivity index (χ0) is 7.82. The average molecular weight is 145 g/mol. The summed E-state index contributed by atoms with van der Waals surface area (Å²) >= 11 is 0. The molecule has 0 bridgehead atoms. The molecule has 0 unspecified atom stereocenters. The fraction of sp³-hybridized carbons (Fsp3) is 1.00. The van der Waals surface area contributed by atoms with Gasteiger partial charge in [0.1, 0.15) is 0 Å². The monoisotopic (exact) mass is 145 g/mol. The van der Waals surface area contributed by atoms with Crippen molar-refractivity contribution >= 4 is 0 Å². The third-order valence-corrected chi connectivity index (χ3v) is 1.69. The molecule has 3 heteroatoms. The van der Waals surface area contributed by atoms with Gasteiger partial charge in [-0.25, -0.2) is 0 Å². The van der Waals surface area contributed by atoms with Gasteiger partial charge < -0.3 is 4.90 Å². The van der Waals surface area contributed by atoms with Gasteiger partial charge in [-0.15, -0.1) is 0 Å². The van der Waals surface area contributed by atoms with E-state index in [0.29, 0.717) is 0 Å². The molecule has 0 fully saturated rings. The van der Waals surface area contributed by atoms with Gasteiger partial charge in [0, 0.05) is 6.54 Å². The van der Waals surface area contributed by atoms with Crippen molar-refractivity contribution in [3.8, 4) is 0 Å². The normalized spacial score (nSPS) is 10.8. The molecule has 0 aromatic heterocycles. The van der Waals surface area contributed by atoms with Gasteiger partial charge in [-0.2, -0.15) is 0 Å². The maximum absolute atomic E-state index is 5.13. The largest absolute Gasteiger partial charge is 0.304 e. The van der Waals surface area contributed by atoms with Crippen molar-refractivity contribution in [3.05, 3.63) is 0 Å². The average Bonchev–Trinajstić information content (AvgIpc) is 1.99.